The maximum atomic E-state index is 11.3. The van der Waals surface area contributed by atoms with Gasteiger partial charge in [0.1, 0.15) is 23.6 Å². The molecule has 0 N–H and O–H groups in total. The minimum Gasteiger partial charge on any atom is -0.456 e. The summed E-state index contributed by atoms with van der Waals surface area (Å²) in [5, 5.41) is 18.1. The Hall–Kier alpha value is -2.25. The van der Waals surface area contributed by atoms with Crippen LogP contribution in [0.1, 0.15) is 11.1 Å². The van der Waals surface area contributed by atoms with Crippen LogP contribution in [0.4, 0.5) is 0 Å². The van der Waals surface area contributed by atoms with Gasteiger partial charge in [-0.1, -0.05) is 11.6 Å². The van der Waals surface area contributed by atoms with Crippen molar-refractivity contribution in [1.29, 1.82) is 10.5 Å². The summed E-state index contributed by atoms with van der Waals surface area (Å²) in [5.41, 5.74) is 0.292. The minimum atomic E-state index is -3.93. The fourth-order valence-corrected chi connectivity index (χ4v) is 2.60. The van der Waals surface area contributed by atoms with E-state index in [1.165, 1.54) is 30.3 Å². The molecule has 110 valence electrons. The van der Waals surface area contributed by atoms with E-state index in [0.717, 1.165) is 6.07 Å². The fraction of sp³-hybridized carbons (Fsp3) is 0. The van der Waals surface area contributed by atoms with Crippen LogP contribution in [0.25, 0.3) is 0 Å². The van der Waals surface area contributed by atoms with Crippen LogP contribution in [-0.2, 0) is 9.05 Å². The molecule has 5 nitrogen and oxygen atoms in total. The first-order valence-electron chi connectivity index (χ1n) is 5.71. The predicted octanol–water partition coefficient (Wildman–Crippen LogP) is 3.80. The summed E-state index contributed by atoms with van der Waals surface area (Å²) in [4.78, 5) is -0.198. The topological polar surface area (TPSA) is 90.9 Å². The molecule has 0 spiro atoms. The Morgan fingerprint density at radius 3 is 2.23 bits per heavy atom. The minimum absolute atomic E-state index is 0.00204. The molecule has 0 aliphatic carbocycles. The molecule has 0 saturated carbocycles. The molecule has 0 fully saturated rings. The fourth-order valence-electron chi connectivity index (χ4n) is 1.61. The van der Waals surface area contributed by atoms with Crippen molar-refractivity contribution in [2.45, 2.75) is 4.90 Å². The van der Waals surface area contributed by atoms with Crippen LogP contribution in [0.15, 0.2) is 41.3 Å². The molecule has 0 aliphatic heterocycles. The molecule has 2 rings (SSSR count). The van der Waals surface area contributed by atoms with Crippen LogP contribution in [-0.4, -0.2) is 8.42 Å². The monoisotopic (exact) mass is 352 g/mol. The lowest BCUT2D eigenvalue weighted by molar-refractivity contribution is 0.480. The van der Waals surface area contributed by atoms with E-state index in [0.29, 0.717) is 5.75 Å². The zero-order chi connectivity index (χ0) is 16.3. The summed E-state index contributed by atoms with van der Waals surface area (Å²) in [6.45, 7) is 0. The molecule has 0 heterocycles. The first kappa shape index (κ1) is 16.1. The van der Waals surface area contributed by atoms with Gasteiger partial charge in [0.25, 0.3) is 9.05 Å². The van der Waals surface area contributed by atoms with Gasteiger partial charge in [-0.2, -0.15) is 10.5 Å². The van der Waals surface area contributed by atoms with Gasteiger partial charge >= 0.3 is 0 Å². The molecular weight excluding hydrogens is 347 g/mol. The first-order valence-corrected chi connectivity index (χ1v) is 8.40. The van der Waals surface area contributed by atoms with Gasteiger partial charge < -0.3 is 4.74 Å². The lowest BCUT2D eigenvalue weighted by Crippen LogP contribution is -1.94. The number of rotatable bonds is 3. The SMILES string of the molecule is N#Cc1ccc(Oc2ccc(S(=O)(=O)Cl)cc2C#N)cc1Cl. The third kappa shape index (κ3) is 3.49. The van der Waals surface area contributed by atoms with Crippen molar-refractivity contribution >= 4 is 31.3 Å². The molecule has 0 bridgehead atoms. The van der Waals surface area contributed by atoms with Crippen molar-refractivity contribution in [1.82, 2.24) is 0 Å². The summed E-state index contributed by atoms with van der Waals surface area (Å²) in [6, 6.07) is 11.8. The third-order valence-electron chi connectivity index (χ3n) is 2.64. The number of hydrogen-bond donors (Lipinski definition) is 0. The van der Waals surface area contributed by atoms with Gasteiger partial charge in [-0.3, -0.25) is 0 Å². The summed E-state index contributed by atoms with van der Waals surface area (Å²) in [6.07, 6.45) is 0. The number of ether oxygens (including phenoxy) is 1. The van der Waals surface area contributed by atoms with Crippen molar-refractivity contribution in [2.24, 2.45) is 0 Å². The third-order valence-corrected chi connectivity index (χ3v) is 4.31. The predicted molar refractivity (Wildman–Crippen MR) is 80.4 cm³/mol. The standard InChI is InChI=1S/C14H6Cl2N2O3S/c15-13-6-11(2-1-9(13)7-17)21-14-4-3-12(22(16,19)20)5-10(14)8-18/h1-6H. The number of nitrogens with zero attached hydrogens (tertiary/aromatic N) is 2. The van der Waals surface area contributed by atoms with Crippen molar-refractivity contribution in [3.63, 3.8) is 0 Å². The molecular formula is C14H6Cl2N2O3S. The van der Waals surface area contributed by atoms with Crippen molar-refractivity contribution in [2.75, 3.05) is 0 Å². The Labute approximate surface area is 136 Å². The van der Waals surface area contributed by atoms with Gasteiger partial charge in [0, 0.05) is 16.7 Å². The number of nitriles is 2. The second-order valence-electron chi connectivity index (χ2n) is 4.06. The van der Waals surface area contributed by atoms with E-state index in [4.69, 9.17) is 37.5 Å². The van der Waals surface area contributed by atoms with Gasteiger partial charge in [-0.05, 0) is 30.3 Å². The highest BCUT2D eigenvalue weighted by molar-refractivity contribution is 8.13. The molecule has 0 saturated heterocycles. The van der Waals surface area contributed by atoms with Crippen molar-refractivity contribution in [3.05, 3.63) is 52.5 Å². The van der Waals surface area contributed by atoms with Gasteiger partial charge in [0.2, 0.25) is 0 Å². The second kappa shape index (κ2) is 6.25. The van der Waals surface area contributed by atoms with Crippen LogP contribution in [0.2, 0.25) is 5.02 Å². The first-order chi connectivity index (χ1) is 10.3. The number of halogens is 2. The Morgan fingerprint density at radius 1 is 1.00 bits per heavy atom. The Kier molecular flexibility index (Phi) is 4.58. The average molecular weight is 353 g/mol. The van der Waals surface area contributed by atoms with Crippen LogP contribution < -0.4 is 4.74 Å². The van der Waals surface area contributed by atoms with Crippen molar-refractivity contribution in [3.8, 4) is 23.6 Å². The second-order valence-corrected chi connectivity index (χ2v) is 7.04. The van der Waals surface area contributed by atoms with Crippen molar-refractivity contribution < 1.29 is 13.2 Å². The van der Waals surface area contributed by atoms with E-state index in [1.807, 2.05) is 12.1 Å². The number of benzene rings is 2. The zero-order valence-electron chi connectivity index (χ0n) is 10.7. The van der Waals surface area contributed by atoms with Crippen LogP contribution in [0, 0.1) is 22.7 Å². The van der Waals surface area contributed by atoms with Gasteiger partial charge in [0.15, 0.2) is 0 Å². The van der Waals surface area contributed by atoms with E-state index in [2.05, 4.69) is 0 Å². The Bertz CT molecular complexity index is 928. The van der Waals surface area contributed by atoms with E-state index >= 15 is 0 Å². The Balaban J connectivity index is 2.41. The smallest absolute Gasteiger partial charge is 0.261 e. The highest BCUT2D eigenvalue weighted by Gasteiger charge is 2.14. The average Bonchev–Trinajstić information content (AvgIpc) is 2.46. The molecule has 0 amide bonds. The lowest BCUT2D eigenvalue weighted by Gasteiger charge is -2.09. The molecule has 8 heteroatoms. The molecule has 22 heavy (non-hydrogen) atoms. The van der Waals surface area contributed by atoms with Gasteiger partial charge in [-0.15, -0.1) is 0 Å². The lowest BCUT2D eigenvalue weighted by atomic mass is 10.2. The van der Waals surface area contributed by atoms with E-state index in [-0.39, 0.29) is 26.8 Å². The molecule has 0 aromatic heterocycles. The van der Waals surface area contributed by atoms with E-state index in [1.54, 1.807) is 0 Å². The van der Waals surface area contributed by atoms with Crippen LogP contribution >= 0.6 is 22.3 Å². The molecule has 2 aromatic rings. The summed E-state index contributed by atoms with van der Waals surface area (Å²) in [5.74, 6) is 0.453. The quantitative estimate of drug-likeness (QED) is 0.783. The van der Waals surface area contributed by atoms with Gasteiger partial charge in [-0.25, -0.2) is 8.42 Å². The summed E-state index contributed by atoms with van der Waals surface area (Å²) in [7, 11) is 1.30. The normalized spacial score (nSPS) is 10.5. The van der Waals surface area contributed by atoms with Gasteiger partial charge in [0.05, 0.1) is 21.0 Å². The van der Waals surface area contributed by atoms with E-state index in [9.17, 15) is 8.42 Å². The zero-order valence-corrected chi connectivity index (χ0v) is 13.1. The summed E-state index contributed by atoms with van der Waals surface area (Å²) >= 11 is 5.89. The van der Waals surface area contributed by atoms with Crippen LogP contribution in [0.3, 0.4) is 0 Å². The highest BCUT2D eigenvalue weighted by atomic mass is 35.7. The van der Waals surface area contributed by atoms with E-state index < -0.39 is 9.05 Å². The maximum Gasteiger partial charge on any atom is 0.261 e. The maximum absolute atomic E-state index is 11.3. The molecule has 0 atom stereocenters. The molecule has 0 unspecified atom stereocenters. The molecule has 2 aromatic carbocycles. The largest absolute Gasteiger partial charge is 0.456 e. The summed E-state index contributed by atoms with van der Waals surface area (Å²) < 4.78 is 28.0. The number of hydrogen-bond acceptors (Lipinski definition) is 5. The Morgan fingerprint density at radius 2 is 1.68 bits per heavy atom. The van der Waals surface area contributed by atoms with Crippen LogP contribution in [0.5, 0.6) is 11.5 Å². The highest BCUT2D eigenvalue weighted by Crippen LogP contribution is 2.30. The molecule has 0 radical (unpaired) electrons. The molecule has 0 aliphatic rings.